The predicted octanol–water partition coefficient (Wildman–Crippen LogP) is 3.62. The molecule has 4 heteroatoms. The van der Waals surface area contributed by atoms with Gasteiger partial charge in [0.05, 0.1) is 0 Å². The highest BCUT2D eigenvalue weighted by molar-refractivity contribution is 9.10. The number of halogens is 1. The summed E-state index contributed by atoms with van der Waals surface area (Å²) in [4.78, 5) is 14.6. The number of nitrogens with two attached hydrogens (primary N) is 1. The molecule has 2 aromatic rings. The van der Waals surface area contributed by atoms with Gasteiger partial charge in [0.25, 0.3) is 5.91 Å². The molecule has 2 N–H and O–H groups in total. The zero-order chi connectivity index (χ0) is 14.8. The average molecular weight is 345 g/mol. The largest absolute Gasteiger partial charge is 0.399 e. The van der Waals surface area contributed by atoms with E-state index in [-0.39, 0.29) is 5.91 Å². The van der Waals surface area contributed by atoms with Crippen LogP contribution < -0.4 is 5.73 Å². The molecule has 2 aromatic carbocycles. The number of hydrogen-bond donors (Lipinski definition) is 1. The van der Waals surface area contributed by atoms with Gasteiger partial charge in [-0.05, 0) is 48.2 Å². The molecule has 0 aromatic heterocycles. The second kappa shape index (κ2) is 5.90. The van der Waals surface area contributed by atoms with Gasteiger partial charge in [0, 0.05) is 28.8 Å². The van der Waals surface area contributed by atoms with Crippen molar-refractivity contribution in [2.45, 2.75) is 19.4 Å². The summed E-state index contributed by atoms with van der Waals surface area (Å²) >= 11 is 3.45. The van der Waals surface area contributed by atoms with Crippen molar-refractivity contribution in [3.8, 4) is 0 Å². The normalized spacial score (nSPS) is 14.7. The molecule has 0 saturated heterocycles. The van der Waals surface area contributed by atoms with Crippen molar-refractivity contribution in [2.24, 2.45) is 0 Å². The van der Waals surface area contributed by atoms with E-state index in [4.69, 9.17) is 5.73 Å². The summed E-state index contributed by atoms with van der Waals surface area (Å²) in [6.45, 7) is 1.37. The fraction of sp³-hybridized carbons (Fsp3) is 0.235. The molecule has 0 bridgehead atoms. The topological polar surface area (TPSA) is 46.3 Å². The van der Waals surface area contributed by atoms with Crippen LogP contribution in [0.1, 0.15) is 27.9 Å². The molecule has 0 unspecified atom stereocenters. The molecule has 108 valence electrons. The van der Waals surface area contributed by atoms with E-state index in [1.165, 1.54) is 0 Å². The van der Waals surface area contributed by atoms with Crippen molar-refractivity contribution in [1.82, 2.24) is 4.90 Å². The number of nitrogens with zero attached hydrogens (tertiary/aromatic N) is 1. The molecule has 0 spiro atoms. The van der Waals surface area contributed by atoms with Gasteiger partial charge in [0.2, 0.25) is 0 Å². The van der Waals surface area contributed by atoms with Crippen LogP contribution >= 0.6 is 15.9 Å². The van der Waals surface area contributed by atoms with Gasteiger partial charge in [0.15, 0.2) is 0 Å². The van der Waals surface area contributed by atoms with E-state index in [9.17, 15) is 4.79 Å². The molecule has 1 aliphatic heterocycles. The standard InChI is InChI=1S/C17H17BrN2O/c18-14-8-12(9-15(19)10-14)11-20-7-3-5-13-4-1-2-6-16(13)17(20)21/h1-2,4,6,8-10H,3,5,7,11,19H2. The van der Waals surface area contributed by atoms with Crippen LogP contribution in [-0.4, -0.2) is 17.4 Å². The van der Waals surface area contributed by atoms with Crippen LogP contribution in [0.5, 0.6) is 0 Å². The molecular weight excluding hydrogens is 328 g/mol. The Morgan fingerprint density at radius 2 is 2.00 bits per heavy atom. The first-order valence-corrected chi connectivity index (χ1v) is 7.85. The first-order chi connectivity index (χ1) is 10.1. The quantitative estimate of drug-likeness (QED) is 0.845. The number of aryl methyl sites for hydroxylation is 1. The van der Waals surface area contributed by atoms with Crippen LogP contribution in [0.25, 0.3) is 0 Å². The molecule has 0 saturated carbocycles. The molecule has 0 fully saturated rings. The number of nitrogen functional groups attached to an aromatic ring is 1. The zero-order valence-corrected chi connectivity index (χ0v) is 13.3. The van der Waals surface area contributed by atoms with E-state index in [1.54, 1.807) is 0 Å². The van der Waals surface area contributed by atoms with Crippen molar-refractivity contribution < 1.29 is 4.79 Å². The van der Waals surface area contributed by atoms with Gasteiger partial charge >= 0.3 is 0 Å². The average Bonchev–Trinajstić information content (AvgIpc) is 2.59. The maximum Gasteiger partial charge on any atom is 0.254 e. The molecule has 1 amide bonds. The summed E-state index contributed by atoms with van der Waals surface area (Å²) in [5, 5.41) is 0. The second-order valence-electron chi connectivity index (χ2n) is 5.38. The predicted molar refractivity (Wildman–Crippen MR) is 88.1 cm³/mol. The summed E-state index contributed by atoms with van der Waals surface area (Å²) in [5.74, 6) is 0.113. The van der Waals surface area contributed by atoms with Crippen LogP contribution in [0, 0.1) is 0 Å². The van der Waals surface area contributed by atoms with Crippen molar-refractivity contribution in [2.75, 3.05) is 12.3 Å². The molecule has 0 radical (unpaired) electrons. The molecule has 1 aliphatic rings. The Bertz CT molecular complexity index is 664. The minimum absolute atomic E-state index is 0.113. The molecular formula is C17H17BrN2O. The Morgan fingerprint density at radius 3 is 2.81 bits per heavy atom. The highest BCUT2D eigenvalue weighted by Crippen LogP contribution is 2.22. The Hall–Kier alpha value is -1.81. The van der Waals surface area contributed by atoms with Gasteiger partial charge < -0.3 is 10.6 Å². The number of benzene rings is 2. The minimum atomic E-state index is 0.113. The molecule has 3 nitrogen and oxygen atoms in total. The molecule has 0 atom stereocenters. The van der Waals surface area contributed by atoms with Crippen molar-refractivity contribution in [3.63, 3.8) is 0 Å². The maximum absolute atomic E-state index is 12.7. The zero-order valence-electron chi connectivity index (χ0n) is 11.7. The Morgan fingerprint density at radius 1 is 1.19 bits per heavy atom. The van der Waals surface area contributed by atoms with E-state index in [0.717, 1.165) is 40.5 Å². The number of anilines is 1. The Labute approximate surface area is 132 Å². The fourth-order valence-corrected chi connectivity index (χ4v) is 3.38. The lowest BCUT2D eigenvalue weighted by Gasteiger charge is -2.21. The van der Waals surface area contributed by atoms with Crippen LogP contribution in [0.15, 0.2) is 46.9 Å². The van der Waals surface area contributed by atoms with Gasteiger partial charge in [-0.15, -0.1) is 0 Å². The van der Waals surface area contributed by atoms with Crippen molar-refractivity contribution in [1.29, 1.82) is 0 Å². The van der Waals surface area contributed by atoms with E-state index >= 15 is 0 Å². The fourth-order valence-electron chi connectivity index (χ4n) is 2.82. The minimum Gasteiger partial charge on any atom is -0.399 e. The van der Waals surface area contributed by atoms with Gasteiger partial charge in [-0.2, -0.15) is 0 Å². The van der Waals surface area contributed by atoms with E-state index < -0.39 is 0 Å². The lowest BCUT2D eigenvalue weighted by Crippen LogP contribution is -2.30. The van der Waals surface area contributed by atoms with Crippen LogP contribution in [0.4, 0.5) is 5.69 Å². The van der Waals surface area contributed by atoms with E-state index in [0.29, 0.717) is 12.2 Å². The number of carbonyl (C=O) groups excluding carboxylic acids is 1. The summed E-state index contributed by atoms with van der Waals surface area (Å²) in [6, 6.07) is 13.7. The van der Waals surface area contributed by atoms with E-state index in [1.807, 2.05) is 47.4 Å². The summed E-state index contributed by atoms with van der Waals surface area (Å²) < 4.78 is 0.945. The first kappa shape index (κ1) is 14.1. The second-order valence-corrected chi connectivity index (χ2v) is 6.30. The molecule has 3 rings (SSSR count). The summed E-state index contributed by atoms with van der Waals surface area (Å²) in [7, 11) is 0. The Balaban J connectivity index is 1.87. The molecule has 0 aliphatic carbocycles. The summed E-state index contributed by atoms with van der Waals surface area (Å²) in [6.07, 6.45) is 1.95. The third-order valence-corrected chi connectivity index (χ3v) is 4.22. The number of carbonyl (C=O) groups is 1. The first-order valence-electron chi connectivity index (χ1n) is 7.05. The third-order valence-electron chi connectivity index (χ3n) is 3.76. The number of hydrogen-bond acceptors (Lipinski definition) is 2. The van der Waals surface area contributed by atoms with Crippen molar-refractivity contribution in [3.05, 3.63) is 63.6 Å². The Kier molecular flexibility index (Phi) is 3.97. The monoisotopic (exact) mass is 344 g/mol. The lowest BCUT2D eigenvalue weighted by molar-refractivity contribution is 0.0749. The third kappa shape index (κ3) is 3.10. The number of amides is 1. The van der Waals surface area contributed by atoms with Crippen molar-refractivity contribution >= 4 is 27.5 Å². The molecule has 21 heavy (non-hydrogen) atoms. The molecule has 1 heterocycles. The van der Waals surface area contributed by atoms with Crippen LogP contribution in [0.2, 0.25) is 0 Å². The summed E-state index contributed by atoms with van der Waals surface area (Å²) in [5.41, 5.74) is 9.62. The van der Waals surface area contributed by atoms with E-state index in [2.05, 4.69) is 15.9 Å². The van der Waals surface area contributed by atoms with Gasteiger partial charge in [-0.25, -0.2) is 0 Å². The maximum atomic E-state index is 12.7. The lowest BCUT2D eigenvalue weighted by atomic mass is 10.0. The van der Waals surface area contributed by atoms with Gasteiger partial charge in [0.1, 0.15) is 0 Å². The number of fused-ring (bicyclic) bond motifs is 1. The smallest absolute Gasteiger partial charge is 0.254 e. The van der Waals surface area contributed by atoms with Crippen LogP contribution in [-0.2, 0) is 13.0 Å². The highest BCUT2D eigenvalue weighted by Gasteiger charge is 2.22. The van der Waals surface area contributed by atoms with Crippen LogP contribution in [0.3, 0.4) is 0 Å². The SMILES string of the molecule is Nc1cc(Br)cc(CN2CCCc3ccccc3C2=O)c1. The highest BCUT2D eigenvalue weighted by atomic mass is 79.9. The van der Waals surface area contributed by atoms with Gasteiger partial charge in [-0.3, -0.25) is 4.79 Å². The number of rotatable bonds is 2. The van der Waals surface area contributed by atoms with Gasteiger partial charge in [-0.1, -0.05) is 34.1 Å².